The minimum atomic E-state index is -0.574. The molecule has 1 amide bonds. The topological polar surface area (TPSA) is 70.6 Å². The van der Waals surface area contributed by atoms with Gasteiger partial charge in [0.15, 0.2) is 0 Å². The van der Waals surface area contributed by atoms with E-state index in [0.717, 1.165) is 25.8 Å². The molecule has 0 fully saturated rings. The summed E-state index contributed by atoms with van der Waals surface area (Å²) < 4.78 is 4.80. The van der Waals surface area contributed by atoms with Crippen molar-refractivity contribution in [1.82, 2.24) is 10.6 Å². The lowest BCUT2D eigenvalue weighted by molar-refractivity contribution is -0.122. The second-order valence-electron chi connectivity index (χ2n) is 4.24. The molecule has 0 aromatic carbocycles. The highest BCUT2D eigenvalue weighted by atomic mass is 16.5. The largest absolute Gasteiger partial charge is 0.389 e. The van der Waals surface area contributed by atoms with Crippen molar-refractivity contribution in [3.8, 4) is 0 Å². The van der Waals surface area contributed by atoms with Crippen LogP contribution in [0.3, 0.4) is 0 Å². The molecule has 2 atom stereocenters. The molecule has 0 spiro atoms. The number of carbonyl (C=O) groups excluding carboxylic acids is 1. The van der Waals surface area contributed by atoms with Crippen LogP contribution in [0.1, 0.15) is 33.1 Å². The van der Waals surface area contributed by atoms with Gasteiger partial charge >= 0.3 is 0 Å². The van der Waals surface area contributed by atoms with E-state index in [0.29, 0.717) is 6.54 Å². The molecule has 0 saturated heterocycles. The van der Waals surface area contributed by atoms with Crippen LogP contribution in [0.15, 0.2) is 0 Å². The Morgan fingerprint density at radius 2 is 2.12 bits per heavy atom. The highest BCUT2D eigenvalue weighted by Gasteiger charge is 2.13. The summed E-state index contributed by atoms with van der Waals surface area (Å²) in [7, 11) is 1.53. The van der Waals surface area contributed by atoms with Crippen molar-refractivity contribution in [3.05, 3.63) is 0 Å². The molecule has 0 aliphatic rings. The lowest BCUT2D eigenvalue weighted by atomic mass is 10.2. The van der Waals surface area contributed by atoms with Gasteiger partial charge in [-0.3, -0.25) is 4.79 Å². The molecule has 0 rings (SSSR count). The fourth-order valence-corrected chi connectivity index (χ4v) is 1.40. The summed E-state index contributed by atoms with van der Waals surface area (Å²) in [6.45, 7) is 5.27. The number of amides is 1. The zero-order valence-corrected chi connectivity index (χ0v) is 11.2. The molecule has 2 unspecified atom stereocenters. The molecule has 0 heterocycles. The number of unbranched alkanes of at least 4 members (excludes halogenated alkanes) is 2. The first-order valence-corrected chi connectivity index (χ1v) is 6.29. The van der Waals surface area contributed by atoms with Crippen LogP contribution in [0.2, 0.25) is 0 Å². The summed E-state index contributed by atoms with van der Waals surface area (Å²) in [6, 6.07) is -0.289. The minimum Gasteiger partial charge on any atom is -0.389 e. The lowest BCUT2D eigenvalue weighted by Gasteiger charge is -2.16. The number of nitrogens with one attached hydrogen (secondary N) is 2. The van der Waals surface area contributed by atoms with Gasteiger partial charge in [-0.15, -0.1) is 0 Å². The zero-order valence-electron chi connectivity index (χ0n) is 11.2. The first-order valence-electron chi connectivity index (χ1n) is 6.29. The van der Waals surface area contributed by atoms with Gasteiger partial charge in [-0.2, -0.15) is 0 Å². The van der Waals surface area contributed by atoms with Gasteiger partial charge in [-0.25, -0.2) is 0 Å². The molecule has 0 aliphatic heterocycles. The number of methoxy groups -OCH3 is 1. The molecule has 5 nitrogen and oxygen atoms in total. The van der Waals surface area contributed by atoms with Gasteiger partial charge in [0.05, 0.1) is 18.8 Å². The molecule has 0 aromatic heterocycles. The van der Waals surface area contributed by atoms with Crippen LogP contribution in [0.25, 0.3) is 0 Å². The first-order chi connectivity index (χ1) is 8.11. The molecule has 5 heteroatoms. The van der Waals surface area contributed by atoms with E-state index < -0.39 is 6.10 Å². The van der Waals surface area contributed by atoms with E-state index in [1.54, 1.807) is 6.92 Å². The van der Waals surface area contributed by atoms with Crippen LogP contribution in [0, 0.1) is 0 Å². The van der Waals surface area contributed by atoms with E-state index in [2.05, 4.69) is 17.6 Å². The normalized spacial score (nSPS) is 14.4. The Bertz CT molecular complexity index is 200. The van der Waals surface area contributed by atoms with E-state index in [1.807, 2.05) is 0 Å². The Kier molecular flexibility index (Phi) is 10.1. The Morgan fingerprint density at radius 1 is 1.41 bits per heavy atom. The van der Waals surface area contributed by atoms with Gasteiger partial charge in [0, 0.05) is 20.2 Å². The van der Waals surface area contributed by atoms with Gasteiger partial charge in [0.2, 0.25) is 5.91 Å². The van der Waals surface area contributed by atoms with Gasteiger partial charge in [-0.05, 0) is 13.3 Å². The Balaban J connectivity index is 3.59. The fraction of sp³-hybridized carbons (Fsp3) is 0.917. The van der Waals surface area contributed by atoms with Gasteiger partial charge < -0.3 is 20.5 Å². The third kappa shape index (κ3) is 9.09. The molecule has 0 bridgehead atoms. The maximum atomic E-state index is 11.6. The van der Waals surface area contributed by atoms with Crippen molar-refractivity contribution in [2.45, 2.75) is 45.3 Å². The van der Waals surface area contributed by atoms with Crippen LogP contribution >= 0.6 is 0 Å². The van der Waals surface area contributed by atoms with Crippen LogP contribution in [-0.2, 0) is 9.53 Å². The van der Waals surface area contributed by atoms with E-state index in [4.69, 9.17) is 4.74 Å². The lowest BCUT2D eigenvalue weighted by Crippen LogP contribution is -2.45. The maximum Gasteiger partial charge on any atom is 0.236 e. The molecule has 0 saturated carbocycles. The second-order valence-corrected chi connectivity index (χ2v) is 4.24. The Morgan fingerprint density at radius 3 is 2.71 bits per heavy atom. The Labute approximate surface area is 104 Å². The monoisotopic (exact) mass is 246 g/mol. The molecule has 0 aromatic rings. The number of aliphatic hydroxyl groups excluding tert-OH is 1. The summed E-state index contributed by atoms with van der Waals surface area (Å²) in [5.74, 6) is -0.0225. The van der Waals surface area contributed by atoms with Gasteiger partial charge in [0.25, 0.3) is 0 Å². The van der Waals surface area contributed by atoms with Crippen LogP contribution < -0.4 is 10.6 Å². The maximum absolute atomic E-state index is 11.6. The van der Waals surface area contributed by atoms with Crippen molar-refractivity contribution in [2.24, 2.45) is 0 Å². The van der Waals surface area contributed by atoms with Crippen molar-refractivity contribution in [3.63, 3.8) is 0 Å². The number of hydrogen-bond acceptors (Lipinski definition) is 4. The third-order valence-electron chi connectivity index (χ3n) is 2.49. The van der Waals surface area contributed by atoms with Gasteiger partial charge in [-0.1, -0.05) is 19.8 Å². The summed E-state index contributed by atoms with van der Waals surface area (Å²) >= 11 is 0. The summed E-state index contributed by atoms with van der Waals surface area (Å²) in [5, 5.41) is 15.2. The molecule has 17 heavy (non-hydrogen) atoms. The average Bonchev–Trinajstić information content (AvgIpc) is 2.31. The number of aliphatic hydroxyl groups is 1. The molecule has 0 radical (unpaired) electrons. The van der Waals surface area contributed by atoms with Crippen LogP contribution in [0.5, 0.6) is 0 Å². The van der Waals surface area contributed by atoms with E-state index in [9.17, 15) is 9.90 Å². The zero-order chi connectivity index (χ0) is 13.1. The van der Waals surface area contributed by atoms with E-state index in [-0.39, 0.29) is 18.6 Å². The number of carbonyl (C=O) groups is 1. The Hall–Kier alpha value is -0.650. The summed E-state index contributed by atoms with van der Waals surface area (Å²) in [5.41, 5.74) is 0. The van der Waals surface area contributed by atoms with Gasteiger partial charge in [0.1, 0.15) is 0 Å². The number of ether oxygens (including phenoxy) is 1. The molecule has 0 aliphatic carbocycles. The molecule has 102 valence electrons. The first kappa shape index (κ1) is 16.4. The number of rotatable bonds is 10. The van der Waals surface area contributed by atoms with E-state index >= 15 is 0 Å². The molecular weight excluding hydrogens is 220 g/mol. The highest BCUT2D eigenvalue weighted by Crippen LogP contribution is 1.92. The highest BCUT2D eigenvalue weighted by molar-refractivity contribution is 5.81. The minimum absolute atomic E-state index is 0.0225. The van der Waals surface area contributed by atoms with Crippen molar-refractivity contribution in [1.29, 1.82) is 0 Å². The van der Waals surface area contributed by atoms with E-state index in [1.165, 1.54) is 7.11 Å². The SMILES string of the molecule is CCCCCNC(=O)C(C)NCC(O)COC. The fourth-order valence-electron chi connectivity index (χ4n) is 1.40. The smallest absolute Gasteiger partial charge is 0.236 e. The quantitative estimate of drug-likeness (QED) is 0.484. The molecule has 3 N–H and O–H groups in total. The van der Waals surface area contributed by atoms with Crippen LogP contribution in [-0.4, -0.2) is 50.0 Å². The predicted molar refractivity (Wildman–Crippen MR) is 67.9 cm³/mol. The van der Waals surface area contributed by atoms with Crippen molar-refractivity contribution in [2.75, 3.05) is 26.8 Å². The van der Waals surface area contributed by atoms with Crippen molar-refractivity contribution < 1.29 is 14.6 Å². The molecular formula is C12H26N2O3. The predicted octanol–water partition coefficient (Wildman–Crippen LogP) is 0.278. The van der Waals surface area contributed by atoms with Crippen LogP contribution in [0.4, 0.5) is 0 Å². The average molecular weight is 246 g/mol. The number of hydrogen-bond donors (Lipinski definition) is 3. The summed E-state index contributed by atoms with van der Waals surface area (Å²) in [4.78, 5) is 11.6. The second kappa shape index (κ2) is 10.5. The summed E-state index contributed by atoms with van der Waals surface area (Å²) in [6.07, 6.45) is 2.72. The third-order valence-corrected chi connectivity index (χ3v) is 2.49. The van der Waals surface area contributed by atoms with Crippen molar-refractivity contribution >= 4 is 5.91 Å². The standard InChI is InChI=1S/C12H26N2O3/c1-4-5-6-7-13-12(16)10(2)14-8-11(15)9-17-3/h10-11,14-15H,4-9H2,1-3H3,(H,13,16).